The molecule has 2 heterocycles. The minimum Gasteiger partial charge on any atom is -0.459 e. The molecule has 2 rings (SSSR count). The van der Waals surface area contributed by atoms with E-state index in [1.54, 1.807) is 13.8 Å². The van der Waals surface area contributed by atoms with Crippen LogP contribution >= 0.6 is 16.3 Å². The quantitative estimate of drug-likeness (QED) is 0.0257. The Morgan fingerprint density at radius 1 is 0.719 bits per heavy atom. The van der Waals surface area contributed by atoms with Crippen LogP contribution in [0.15, 0.2) is 10.2 Å². The van der Waals surface area contributed by atoms with Gasteiger partial charge in [-0.25, -0.2) is 9.24 Å². The first-order valence-corrected chi connectivity index (χ1v) is 23.1. The lowest BCUT2D eigenvalue weighted by Gasteiger charge is -2.43. The van der Waals surface area contributed by atoms with Gasteiger partial charge in [0.25, 0.3) is 8.53 Å². The molecule has 2 saturated heterocycles. The highest BCUT2D eigenvalue weighted by Gasteiger charge is 2.47. The fourth-order valence-corrected chi connectivity index (χ4v) is 8.96. The minimum absolute atomic E-state index is 0.0303. The fraction of sp³-hybridized carbons (Fsp3) is 0.842. The second-order valence-electron chi connectivity index (χ2n) is 14.8. The summed E-state index contributed by atoms with van der Waals surface area (Å²) in [4.78, 5) is 27.8. The standard InChI is InChI=1S/C16H24N5O7P.C12H22N3O2P.C10H17N3O4/c1-11-12(2)16(27-14(10-20-21-19)15(11)26-13(3)22)28-29(23,24-8-4-6-17)25-9-5-7-18;1-11(2)15(12(3)4)18(16-9-5-7-13)17-10-6-8-14;1-5-6(2)10(15)17-8(4-12-13-11)9(5)16-7(3)14/h11-12,14-16H,4-5,8-10H2,1-3H3;11-12H,5-6,9-10H2,1-4H3;5-6,8-10,15H,4H2,1-3H3. The van der Waals surface area contributed by atoms with Crippen molar-refractivity contribution in [1.82, 2.24) is 4.67 Å². The largest absolute Gasteiger partial charge is 0.477 e. The summed E-state index contributed by atoms with van der Waals surface area (Å²) in [6.07, 6.45) is -4.05. The summed E-state index contributed by atoms with van der Waals surface area (Å²) in [5.41, 5.74) is 16.9. The van der Waals surface area contributed by atoms with E-state index in [-0.39, 0.29) is 56.9 Å². The van der Waals surface area contributed by atoms with E-state index in [1.807, 2.05) is 38.1 Å². The highest BCUT2D eigenvalue weighted by Crippen LogP contribution is 2.53. The molecule has 0 spiro atoms. The molecule has 0 radical (unpaired) electrons. The highest BCUT2D eigenvalue weighted by atomic mass is 31.2. The van der Waals surface area contributed by atoms with Gasteiger partial charge in [-0.3, -0.25) is 23.2 Å². The Labute approximate surface area is 376 Å². The number of hydrogen-bond acceptors (Lipinski definition) is 20. The number of nitrogens with zero attached hydrogens (tertiary/aromatic N) is 11. The summed E-state index contributed by atoms with van der Waals surface area (Å²) in [5.74, 6) is -1.87. The van der Waals surface area contributed by atoms with E-state index >= 15 is 0 Å². The predicted molar refractivity (Wildman–Crippen MR) is 228 cm³/mol. The maximum atomic E-state index is 12.9. The van der Waals surface area contributed by atoms with Crippen LogP contribution < -0.4 is 0 Å². The van der Waals surface area contributed by atoms with Crippen LogP contribution in [0.25, 0.3) is 20.9 Å². The third-order valence-electron chi connectivity index (χ3n) is 9.42. The Morgan fingerprint density at radius 2 is 1.11 bits per heavy atom. The number of carbonyl (C=O) groups is 2. The molecule has 358 valence electrons. The topological polar surface area (TPSA) is 350 Å². The molecule has 26 heteroatoms. The van der Waals surface area contributed by atoms with Crippen molar-refractivity contribution in [2.45, 2.75) is 144 Å². The summed E-state index contributed by atoms with van der Waals surface area (Å²) in [7, 11) is -5.34. The van der Waals surface area contributed by atoms with E-state index in [1.165, 1.54) is 13.8 Å². The summed E-state index contributed by atoms with van der Waals surface area (Å²) < 4.78 is 63.7. The van der Waals surface area contributed by atoms with E-state index in [9.17, 15) is 19.3 Å². The van der Waals surface area contributed by atoms with Crippen LogP contribution in [0.4, 0.5) is 0 Å². The molecule has 0 aromatic heterocycles. The van der Waals surface area contributed by atoms with Gasteiger partial charge in [-0.05, 0) is 38.8 Å². The van der Waals surface area contributed by atoms with Gasteiger partial charge in [0.2, 0.25) is 0 Å². The predicted octanol–water partition coefficient (Wildman–Crippen LogP) is 7.62. The first kappa shape index (κ1) is 59.8. The summed E-state index contributed by atoms with van der Waals surface area (Å²) >= 11 is 0. The van der Waals surface area contributed by atoms with Crippen molar-refractivity contribution < 1.29 is 60.8 Å². The lowest BCUT2D eigenvalue weighted by molar-refractivity contribution is -0.246. The van der Waals surface area contributed by atoms with Crippen LogP contribution in [0.2, 0.25) is 0 Å². The molecule has 64 heavy (non-hydrogen) atoms. The van der Waals surface area contributed by atoms with Gasteiger partial charge in [0, 0.05) is 59.4 Å². The van der Waals surface area contributed by atoms with E-state index < -0.39 is 71.2 Å². The van der Waals surface area contributed by atoms with Crippen molar-refractivity contribution in [3.05, 3.63) is 20.9 Å². The molecular weight excluding hydrogens is 880 g/mol. The van der Waals surface area contributed by atoms with Gasteiger partial charge in [0.05, 0.1) is 89.5 Å². The van der Waals surface area contributed by atoms with Crippen molar-refractivity contribution in [2.75, 3.05) is 39.5 Å². The summed E-state index contributed by atoms with van der Waals surface area (Å²) in [6, 6.07) is 8.37. The molecule has 0 aromatic carbocycles. The van der Waals surface area contributed by atoms with Crippen LogP contribution in [0.1, 0.15) is 94.9 Å². The Morgan fingerprint density at radius 3 is 1.48 bits per heavy atom. The average molecular weight is 944 g/mol. The van der Waals surface area contributed by atoms with Gasteiger partial charge in [0.1, 0.15) is 24.4 Å². The summed E-state index contributed by atoms with van der Waals surface area (Å²) in [5, 5.41) is 50.9. The SMILES string of the molecule is CC(=O)OC1C(CN=[N+]=[N-])OC(O)C(C)C1C.CC(=O)OC1C(CN=[N+]=[N-])OC(OP(=O)(OCCC#N)OCCC#N)C(C)C1C.CC(C)N(C(C)C)P(OCCC#N)OCCC#N. The lowest BCUT2D eigenvalue weighted by atomic mass is 9.84. The van der Waals surface area contributed by atoms with Crippen molar-refractivity contribution >= 4 is 28.3 Å². The Hall–Kier alpha value is -4.18. The molecule has 0 aromatic rings. The van der Waals surface area contributed by atoms with Crippen molar-refractivity contribution in [3.63, 3.8) is 0 Å². The molecule has 2 aliphatic heterocycles. The number of nitriles is 4. The van der Waals surface area contributed by atoms with Crippen LogP contribution in [-0.2, 0) is 55.7 Å². The molecule has 2 fully saturated rings. The zero-order valence-electron chi connectivity index (χ0n) is 38.2. The Bertz CT molecular complexity index is 1680. The van der Waals surface area contributed by atoms with E-state index in [2.05, 4.69) is 52.4 Å². The number of phosphoric ester groups is 1. The fourth-order valence-electron chi connectivity index (χ4n) is 6.05. The minimum atomic E-state index is -4.15. The van der Waals surface area contributed by atoms with E-state index in [0.717, 1.165) is 0 Å². The van der Waals surface area contributed by atoms with Gasteiger partial charge < -0.3 is 33.1 Å². The molecule has 10 unspecified atom stereocenters. The van der Waals surface area contributed by atoms with Crippen LogP contribution in [-0.4, -0.2) is 110 Å². The summed E-state index contributed by atoms with van der Waals surface area (Å²) in [6.45, 7) is 18.3. The van der Waals surface area contributed by atoms with Crippen LogP contribution in [0.5, 0.6) is 0 Å². The second kappa shape index (κ2) is 33.3. The first-order valence-electron chi connectivity index (χ1n) is 20.5. The van der Waals surface area contributed by atoms with E-state index in [0.29, 0.717) is 38.1 Å². The molecule has 24 nitrogen and oxygen atoms in total. The molecule has 0 aliphatic carbocycles. The van der Waals surface area contributed by atoms with Gasteiger partial charge in [0.15, 0.2) is 12.6 Å². The molecule has 0 saturated carbocycles. The maximum Gasteiger partial charge on any atom is 0.477 e. The number of esters is 2. The molecule has 10 atom stereocenters. The second-order valence-corrected chi connectivity index (χ2v) is 17.9. The van der Waals surface area contributed by atoms with Gasteiger partial charge in [-0.1, -0.05) is 37.9 Å². The number of carbonyl (C=O) groups excluding carboxylic acids is 2. The number of aliphatic hydroxyl groups excluding tert-OH is 1. The number of phosphoric acid groups is 1. The third-order valence-corrected chi connectivity index (χ3v) is 13.0. The molecular formula is C38H63N11O13P2. The zero-order valence-corrected chi connectivity index (χ0v) is 39.9. The number of azide groups is 2. The van der Waals surface area contributed by atoms with Crippen LogP contribution in [0, 0.1) is 69.0 Å². The number of hydrogen-bond donors (Lipinski definition) is 1. The Kier molecular flexibility index (Phi) is 31.1. The molecule has 1 N–H and O–H groups in total. The van der Waals surface area contributed by atoms with Gasteiger partial charge >= 0.3 is 19.8 Å². The first-order chi connectivity index (χ1) is 30.3. The third kappa shape index (κ3) is 22.6. The normalized spacial score (nSPS) is 25.0. The highest BCUT2D eigenvalue weighted by molar-refractivity contribution is 7.48. The smallest absolute Gasteiger partial charge is 0.459 e. The molecule has 2 aliphatic rings. The lowest BCUT2D eigenvalue weighted by Crippen LogP contribution is -2.52. The van der Waals surface area contributed by atoms with Crippen molar-refractivity contribution in [1.29, 1.82) is 21.0 Å². The number of ether oxygens (including phenoxy) is 4. The van der Waals surface area contributed by atoms with Crippen molar-refractivity contribution in [3.8, 4) is 24.3 Å². The Balaban J connectivity index is 0.000000983. The molecule has 0 amide bonds. The van der Waals surface area contributed by atoms with E-state index in [4.69, 9.17) is 73.7 Å². The number of rotatable bonds is 23. The number of aliphatic hydroxyl groups is 1. The molecule has 0 bridgehead atoms. The van der Waals surface area contributed by atoms with Gasteiger partial charge in [-0.15, -0.1) is 0 Å². The van der Waals surface area contributed by atoms with Gasteiger partial charge in [-0.2, -0.15) is 21.0 Å². The average Bonchev–Trinajstić information content (AvgIpc) is 3.23. The maximum absolute atomic E-state index is 12.9. The zero-order chi connectivity index (χ0) is 48.8. The van der Waals surface area contributed by atoms with Crippen molar-refractivity contribution in [2.24, 2.45) is 33.9 Å². The monoisotopic (exact) mass is 943 g/mol. The van der Waals surface area contributed by atoms with Crippen LogP contribution in [0.3, 0.4) is 0 Å².